The summed E-state index contributed by atoms with van der Waals surface area (Å²) in [5.41, 5.74) is 2.75. The van der Waals surface area contributed by atoms with Crippen LogP contribution in [0.25, 0.3) is 10.9 Å². The van der Waals surface area contributed by atoms with Gasteiger partial charge in [-0.3, -0.25) is 9.69 Å². The van der Waals surface area contributed by atoms with Crippen molar-refractivity contribution >= 4 is 10.9 Å². The van der Waals surface area contributed by atoms with Gasteiger partial charge in [0.2, 0.25) is 0 Å². The molecule has 1 N–H and O–H groups in total. The highest BCUT2D eigenvalue weighted by atomic mass is 16.1. The molecule has 1 atom stereocenters. The van der Waals surface area contributed by atoms with Crippen molar-refractivity contribution in [2.75, 3.05) is 0 Å². The van der Waals surface area contributed by atoms with Gasteiger partial charge in [-0.1, -0.05) is 39.7 Å². The zero-order chi connectivity index (χ0) is 23.8. The van der Waals surface area contributed by atoms with Crippen molar-refractivity contribution in [1.82, 2.24) is 30.1 Å². The lowest BCUT2D eigenvalue weighted by Gasteiger charge is -2.39. The zero-order valence-corrected chi connectivity index (χ0v) is 20.9. The number of nitrogens with zero attached hydrogens (tertiary/aromatic N) is 5. The van der Waals surface area contributed by atoms with Gasteiger partial charge in [-0.05, 0) is 85.5 Å². The minimum absolute atomic E-state index is 0.00679. The lowest BCUT2D eigenvalue weighted by atomic mass is 9.96. The molecule has 0 bridgehead atoms. The fourth-order valence-electron chi connectivity index (χ4n) is 5.21. The topological polar surface area (TPSA) is 79.7 Å². The standard InChI is InChI=1S/C26H38N6O/c1-7-18-12-13-22-19(14-18)15-20(25(33)27-22)16-31(21-10-8-9-11-21)23(17(2)3)24-28-29-30-32(24)26(4,5)6/h12-15,17,21,23H,7-11,16H2,1-6H3,(H,27,33)/t23-/m0/s1. The number of hydrogen-bond acceptors (Lipinski definition) is 5. The van der Waals surface area contributed by atoms with Crippen molar-refractivity contribution in [1.29, 1.82) is 0 Å². The summed E-state index contributed by atoms with van der Waals surface area (Å²) in [5.74, 6) is 1.18. The number of aromatic nitrogens is 5. The van der Waals surface area contributed by atoms with Crippen LogP contribution in [0.15, 0.2) is 29.1 Å². The van der Waals surface area contributed by atoms with Crippen molar-refractivity contribution in [2.45, 2.75) is 97.8 Å². The Hall–Kier alpha value is -2.54. The van der Waals surface area contributed by atoms with Crippen molar-refractivity contribution in [3.05, 3.63) is 51.6 Å². The van der Waals surface area contributed by atoms with E-state index in [1.807, 2.05) is 10.7 Å². The van der Waals surface area contributed by atoms with Gasteiger partial charge >= 0.3 is 0 Å². The first-order valence-electron chi connectivity index (χ1n) is 12.4. The summed E-state index contributed by atoms with van der Waals surface area (Å²) < 4.78 is 1.96. The third-order valence-corrected chi connectivity index (χ3v) is 6.92. The summed E-state index contributed by atoms with van der Waals surface area (Å²) in [4.78, 5) is 18.7. The summed E-state index contributed by atoms with van der Waals surface area (Å²) in [6.07, 6.45) is 5.72. The molecule has 33 heavy (non-hydrogen) atoms. The molecule has 1 aliphatic rings. The number of rotatable bonds is 7. The van der Waals surface area contributed by atoms with Gasteiger partial charge in [-0.15, -0.1) is 5.10 Å². The lowest BCUT2D eigenvalue weighted by Crippen LogP contribution is -2.42. The molecule has 0 radical (unpaired) electrons. The second kappa shape index (κ2) is 9.37. The van der Waals surface area contributed by atoms with Crippen LogP contribution in [0.4, 0.5) is 0 Å². The quantitative estimate of drug-likeness (QED) is 0.549. The highest BCUT2D eigenvalue weighted by molar-refractivity contribution is 5.79. The van der Waals surface area contributed by atoms with Gasteiger partial charge in [0, 0.05) is 23.7 Å². The van der Waals surface area contributed by atoms with E-state index in [-0.39, 0.29) is 17.1 Å². The molecular formula is C26H38N6O. The van der Waals surface area contributed by atoms with Gasteiger partial charge in [-0.25, -0.2) is 4.68 Å². The molecule has 0 saturated heterocycles. The summed E-state index contributed by atoms with van der Waals surface area (Å²) >= 11 is 0. The van der Waals surface area contributed by atoms with Gasteiger partial charge in [0.25, 0.3) is 5.56 Å². The van der Waals surface area contributed by atoms with Crippen LogP contribution in [0.5, 0.6) is 0 Å². The molecule has 1 saturated carbocycles. The number of H-pyrrole nitrogens is 1. The minimum atomic E-state index is -0.218. The SMILES string of the molecule is CCc1ccc2[nH]c(=O)c(CN(C3CCCC3)[C@H](c3nnnn3C(C)(C)C)C(C)C)cc2c1. The number of aromatic amines is 1. The molecule has 4 rings (SSSR count). The van der Waals surface area contributed by atoms with Crippen LogP contribution in [0.3, 0.4) is 0 Å². The third kappa shape index (κ3) is 4.88. The van der Waals surface area contributed by atoms with E-state index in [0.29, 0.717) is 18.5 Å². The predicted octanol–water partition coefficient (Wildman–Crippen LogP) is 4.97. The van der Waals surface area contributed by atoms with E-state index in [9.17, 15) is 4.79 Å². The summed E-state index contributed by atoms with van der Waals surface area (Å²) in [6, 6.07) is 8.82. The van der Waals surface area contributed by atoms with E-state index in [1.54, 1.807) is 0 Å². The van der Waals surface area contributed by atoms with E-state index in [2.05, 4.69) is 85.2 Å². The minimum Gasteiger partial charge on any atom is -0.322 e. The second-order valence-corrected chi connectivity index (χ2v) is 10.8. The highest BCUT2D eigenvalue weighted by Crippen LogP contribution is 2.37. The number of pyridine rings is 1. The maximum absolute atomic E-state index is 13.1. The summed E-state index contributed by atoms with van der Waals surface area (Å²) in [6.45, 7) is 13.6. The molecule has 1 aliphatic carbocycles. The largest absolute Gasteiger partial charge is 0.322 e. The van der Waals surface area contributed by atoms with Crippen LogP contribution in [0.1, 0.15) is 90.2 Å². The molecule has 0 amide bonds. The Kier molecular flexibility index (Phi) is 6.71. The molecule has 2 aromatic heterocycles. The molecule has 2 heterocycles. The number of tetrazole rings is 1. The van der Waals surface area contributed by atoms with Gasteiger partial charge in [0.15, 0.2) is 5.82 Å². The molecule has 7 heteroatoms. The predicted molar refractivity (Wildman–Crippen MR) is 132 cm³/mol. The van der Waals surface area contributed by atoms with E-state index < -0.39 is 0 Å². The van der Waals surface area contributed by atoms with Crippen molar-refractivity contribution in [3.63, 3.8) is 0 Å². The van der Waals surface area contributed by atoms with E-state index in [4.69, 9.17) is 0 Å². The summed E-state index contributed by atoms with van der Waals surface area (Å²) in [7, 11) is 0. The third-order valence-electron chi connectivity index (χ3n) is 6.92. The van der Waals surface area contributed by atoms with Gasteiger partial charge < -0.3 is 4.98 Å². The average Bonchev–Trinajstić information content (AvgIpc) is 3.45. The normalized spacial score (nSPS) is 16.4. The second-order valence-electron chi connectivity index (χ2n) is 10.8. The Balaban J connectivity index is 1.79. The monoisotopic (exact) mass is 450 g/mol. The van der Waals surface area contributed by atoms with Crippen molar-refractivity contribution in [3.8, 4) is 0 Å². The van der Waals surface area contributed by atoms with E-state index >= 15 is 0 Å². The van der Waals surface area contributed by atoms with Gasteiger partial charge in [0.05, 0.1) is 11.6 Å². The van der Waals surface area contributed by atoms with Crippen LogP contribution < -0.4 is 5.56 Å². The molecule has 0 spiro atoms. The zero-order valence-electron chi connectivity index (χ0n) is 20.9. The molecule has 3 aromatic rings. The van der Waals surface area contributed by atoms with Gasteiger partial charge in [0.1, 0.15) is 0 Å². The van der Waals surface area contributed by atoms with Crippen molar-refractivity contribution < 1.29 is 0 Å². The number of fused-ring (bicyclic) bond motifs is 1. The Morgan fingerprint density at radius 2 is 1.91 bits per heavy atom. The maximum atomic E-state index is 13.1. The first-order chi connectivity index (χ1) is 15.7. The number of nitrogens with one attached hydrogen (secondary N) is 1. The molecule has 0 aliphatic heterocycles. The Labute approximate surface area is 196 Å². The number of aryl methyl sites for hydroxylation is 1. The first-order valence-corrected chi connectivity index (χ1v) is 12.4. The Morgan fingerprint density at radius 1 is 1.18 bits per heavy atom. The highest BCUT2D eigenvalue weighted by Gasteiger charge is 2.37. The van der Waals surface area contributed by atoms with Crippen LogP contribution in [0.2, 0.25) is 0 Å². The van der Waals surface area contributed by atoms with Crippen molar-refractivity contribution in [2.24, 2.45) is 5.92 Å². The first kappa shape index (κ1) is 23.6. The molecular weight excluding hydrogens is 412 g/mol. The summed E-state index contributed by atoms with van der Waals surface area (Å²) in [5, 5.41) is 14.0. The van der Waals surface area contributed by atoms with Crippen LogP contribution >= 0.6 is 0 Å². The molecule has 1 aromatic carbocycles. The van der Waals surface area contributed by atoms with Crippen LogP contribution in [0, 0.1) is 5.92 Å². The molecule has 178 valence electrons. The molecule has 7 nitrogen and oxygen atoms in total. The van der Waals surface area contributed by atoms with E-state index in [0.717, 1.165) is 41.6 Å². The lowest BCUT2D eigenvalue weighted by molar-refractivity contribution is 0.0802. The van der Waals surface area contributed by atoms with E-state index in [1.165, 1.54) is 18.4 Å². The molecule has 1 fully saturated rings. The number of benzene rings is 1. The fourth-order valence-corrected chi connectivity index (χ4v) is 5.21. The van der Waals surface area contributed by atoms with Crippen LogP contribution in [-0.4, -0.2) is 36.1 Å². The Morgan fingerprint density at radius 3 is 2.55 bits per heavy atom. The average molecular weight is 451 g/mol. The Bertz CT molecular complexity index is 1150. The molecule has 0 unspecified atom stereocenters. The smallest absolute Gasteiger partial charge is 0.252 e. The van der Waals surface area contributed by atoms with Gasteiger partial charge in [-0.2, -0.15) is 0 Å². The fraction of sp³-hybridized carbons (Fsp3) is 0.615. The maximum Gasteiger partial charge on any atom is 0.252 e. The van der Waals surface area contributed by atoms with Crippen LogP contribution in [-0.2, 0) is 18.5 Å². The number of hydrogen-bond donors (Lipinski definition) is 1.